The molecule has 2 heteroatoms. The predicted octanol–water partition coefficient (Wildman–Crippen LogP) is 3.61. The summed E-state index contributed by atoms with van der Waals surface area (Å²) in [5.41, 5.74) is 2.45. The number of hydrogen-bond donors (Lipinski definition) is 1. The summed E-state index contributed by atoms with van der Waals surface area (Å²) in [5, 5.41) is 3.34. The number of rotatable bonds is 7. The fourth-order valence-corrected chi connectivity index (χ4v) is 1.62. The Morgan fingerprint density at radius 3 is 2.56 bits per heavy atom. The van der Waals surface area contributed by atoms with Gasteiger partial charge >= 0.3 is 0 Å². The molecule has 1 N–H and O–H groups in total. The fraction of sp³-hybridized carbons (Fsp3) is 0.571. The van der Waals surface area contributed by atoms with Crippen LogP contribution in [0, 0.1) is 6.92 Å². The Morgan fingerprint density at radius 2 is 1.94 bits per heavy atom. The maximum absolute atomic E-state index is 5.67. The van der Waals surface area contributed by atoms with Crippen molar-refractivity contribution < 1.29 is 4.74 Å². The largest absolute Gasteiger partial charge is 0.383 e. The van der Waals surface area contributed by atoms with Gasteiger partial charge in [-0.25, -0.2) is 0 Å². The highest BCUT2D eigenvalue weighted by Crippen LogP contribution is 2.08. The maximum Gasteiger partial charge on any atom is 0.0642 e. The van der Waals surface area contributed by atoms with Gasteiger partial charge in [-0.2, -0.15) is 0 Å². The molecule has 0 aliphatic rings. The van der Waals surface area contributed by atoms with Crippen molar-refractivity contribution in [3.63, 3.8) is 0 Å². The van der Waals surface area contributed by atoms with E-state index in [9.17, 15) is 0 Å². The van der Waals surface area contributed by atoms with Crippen molar-refractivity contribution in [1.82, 2.24) is 0 Å². The molecule has 0 aromatic heterocycles. The van der Waals surface area contributed by atoms with Crippen LogP contribution < -0.4 is 5.32 Å². The van der Waals surface area contributed by atoms with E-state index in [0.29, 0.717) is 6.10 Å². The van der Waals surface area contributed by atoms with E-state index < -0.39 is 0 Å². The highest BCUT2D eigenvalue weighted by molar-refractivity contribution is 5.44. The highest BCUT2D eigenvalue weighted by Gasteiger charge is 1.99. The first-order valence-electron chi connectivity index (χ1n) is 6.14. The van der Waals surface area contributed by atoms with Crippen LogP contribution in [0.15, 0.2) is 24.3 Å². The molecule has 1 aromatic rings. The number of hydrogen-bond acceptors (Lipinski definition) is 2. The van der Waals surface area contributed by atoms with Gasteiger partial charge in [0, 0.05) is 12.2 Å². The van der Waals surface area contributed by atoms with Crippen molar-refractivity contribution in [2.75, 3.05) is 18.5 Å². The second kappa shape index (κ2) is 7.29. The van der Waals surface area contributed by atoms with Gasteiger partial charge in [0.05, 0.1) is 12.7 Å². The Balaban J connectivity index is 2.13. The molecule has 16 heavy (non-hydrogen) atoms. The van der Waals surface area contributed by atoms with Gasteiger partial charge in [0.25, 0.3) is 0 Å². The molecule has 0 spiro atoms. The molecule has 0 saturated heterocycles. The summed E-state index contributed by atoms with van der Waals surface area (Å²) in [6.45, 7) is 8.06. The van der Waals surface area contributed by atoms with E-state index in [2.05, 4.69) is 50.4 Å². The first-order valence-corrected chi connectivity index (χ1v) is 6.14. The van der Waals surface area contributed by atoms with E-state index in [4.69, 9.17) is 4.74 Å². The summed E-state index contributed by atoms with van der Waals surface area (Å²) in [6, 6.07) is 8.43. The Kier molecular flexibility index (Phi) is 5.94. The van der Waals surface area contributed by atoms with Crippen molar-refractivity contribution >= 4 is 5.69 Å². The highest BCUT2D eigenvalue weighted by atomic mass is 16.5. The van der Waals surface area contributed by atoms with E-state index in [0.717, 1.165) is 25.3 Å². The Labute approximate surface area is 99.0 Å². The molecule has 0 amide bonds. The van der Waals surface area contributed by atoms with Gasteiger partial charge in [-0.15, -0.1) is 0 Å². The molecule has 0 bridgehead atoms. The van der Waals surface area contributed by atoms with Crippen LogP contribution in [0.5, 0.6) is 0 Å². The lowest BCUT2D eigenvalue weighted by atomic mass is 10.2. The van der Waals surface area contributed by atoms with E-state index in [-0.39, 0.29) is 0 Å². The zero-order valence-electron chi connectivity index (χ0n) is 10.6. The Bertz CT molecular complexity index is 281. The third-order valence-corrected chi connectivity index (χ3v) is 2.58. The minimum atomic E-state index is 0.379. The number of ether oxygens (including phenoxy) is 1. The Hall–Kier alpha value is -1.02. The zero-order valence-corrected chi connectivity index (χ0v) is 10.6. The summed E-state index contributed by atoms with van der Waals surface area (Å²) < 4.78 is 5.67. The second-order valence-corrected chi connectivity index (χ2v) is 4.26. The van der Waals surface area contributed by atoms with Gasteiger partial charge in [-0.1, -0.05) is 31.0 Å². The average molecular weight is 221 g/mol. The van der Waals surface area contributed by atoms with Crippen LogP contribution in [0.3, 0.4) is 0 Å². The third-order valence-electron chi connectivity index (χ3n) is 2.58. The van der Waals surface area contributed by atoms with Gasteiger partial charge in [0.2, 0.25) is 0 Å². The van der Waals surface area contributed by atoms with Crippen LogP contribution in [-0.2, 0) is 4.74 Å². The molecule has 1 atom stereocenters. The molecule has 90 valence electrons. The second-order valence-electron chi connectivity index (χ2n) is 4.26. The van der Waals surface area contributed by atoms with Crippen molar-refractivity contribution in [2.45, 2.75) is 39.7 Å². The molecule has 2 nitrogen and oxygen atoms in total. The first-order chi connectivity index (χ1) is 7.72. The van der Waals surface area contributed by atoms with Crippen LogP contribution >= 0.6 is 0 Å². The van der Waals surface area contributed by atoms with Crippen LogP contribution in [0.4, 0.5) is 5.69 Å². The molecule has 0 aliphatic heterocycles. The van der Waals surface area contributed by atoms with E-state index in [1.165, 1.54) is 12.0 Å². The quantitative estimate of drug-likeness (QED) is 0.710. The molecule has 1 rings (SSSR count). The lowest BCUT2D eigenvalue weighted by molar-refractivity contribution is 0.0673. The summed E-state index contributed by atoms with van der Waals surface area (Å²) in [4.78, 5) is 0. The van der Waals surface area contributed by atoms with Crippen molar-refractivity contribution in [1.29, 1.82) is 0 Å². The monoisotopic (exact) mass is 221 g/mol. The van der Waals surface area contributed by atoms with Crippen LogP contribution in [0.2, 0.25) is 0 Å². The van der Waals surface area contributed by atoms with Gasteiger partial charge in [-0.05, 0) is 32.4 Å². The van der Waals surface area contributed by atoms with E-state index >= 15 is 0 Å². The fourth-order valence-electron chi connectivity index (χ4n) is 1.62. The molecule has 0 aliphatic carbocycles. The molecule has 1 unspecified atom stereocenters. The number of aryl methyl sites for hydroxylation is 1. The SMILES string of the molecule is CCCC(C)OCCNc1ccc(C)cc1. The molecular formula is C14H23NO. The topological polar surface area (TPSA) is 21.3 Å². The average Bonchev–Trinajstić information content (AvgIpc) is 2.27. The van der Waals surface area contributed by atoms with E-state index in [1.807, 2.05) is 0 Å². The van der Waals surface area contributed by atoms with Gasteiger partial charge in [0.1, 0.15) is 0 Å². The Morgan fingerprint density at radius 1 is 1.25 bits per heavy atom. The number of nitrogens with one attached hydrogen (secondary N) is 1. The van der Waals surface area contributed by atoms with Gasteiger partial charge < -0.3 is 10.1 Å². The molecule has 0 saturated carbocycles. The minimum Gasteiger partial charge on any atom is -0.383 e. The molecule has 0 fully saturated rings. The molecule has 0 radical (unpaired) electrons. The minimum absolute atomic E-state index is 0.379. The number of anilines is 1. The van der Waals surface area contributed by atoms with Crippen LogP contribution in [-0.4, -0.2) is 19.3 Å². The summed E-state index contributed by atoms with van der Waals surface area (Å²) in [5.74, 6) is 0. The summed E-state index contributed by atoms with van der Waals surface area (Å²) >= 11 is 0. The zero-order chi connectivity index (χ0) is 11.8. The molecule has 1 aromatic carbocycles. The summed E-state index contributed by atoms with van der Waals surface area (Å²) in [7, 11) is 0. The predicted molar refractivity (Wildman–Crippen MR) is 70.0 cm³/mol. The molecular weight excluding hydrogens is 198 g/mol. The van der Waals surface area contributed by atoms with Crippen molar-refractivity contribution in [3.8, 4) is 0 Å². The lowest BCUT2D eigenvalue weighted by Crippen LogP contribution is -2.15. The van der Waals surface area contributed by atoms with Crippen molar-refractivity contribution in [3.05, 3.63) is 29.8 Å². The van der Waals surface area contributed by atoms with Gasteiger partial charge in [-0.3, -0.25) is 0 Å². The van der Waals surface area contributed by atoms with E-state index in [1.54, 1.807) is 0 Å². The van der Waals surface area contributed by atoms with Crippen LogP contribution in [0.1, 0.15) is 32.3 Å². The first kappa shape index (κ1) is 13.0. The van der Waals surface area contributed by atoms with Gasteiger partial charge in [0.15, 0.2) is 0 Å². The summed E-state index contributed by atoms with van der Waals surface area (Å²) in [6.07, 6.45) is 2.71. The normalized spacial score (nSPS) is 12.4. The number of benzene rings is 1. The third kappa shape index (κ3) is 5.17. The standard InChI is InChI=1S/C14H23NO/c1-4-5-13(3)16-11-10-15-14-8-6-12(2)7-9-14/h6-9,13,15H,4-5,10-11H2,1-3H3. The smallest absolute Gasteiger partial charge is 0.0642 e. The van der Waals surface area contributed by atoms with Crippen molar-refractivity contribution in [2.24, 2.45) is 0 Å². The lowest BCUT2D eigenvalue weighted by Gasteiger charge is -2.12. The maximum atomic E-state index is 5.67. The van der Waals surface area contributed by atoms with Crippen LogP contribution in [0.25, 0.3) is 0 Å². The molecule has 0 heterocycles.